The van der Waals surface area contributed by atoms with Gasteiger partial charge in [-0.1, -0.05) is 51.1 Å². The molecule has 2 aromatic rings. The Morgan fingerprint density at radius 2 is 1.56 bits per heavy atom. The lowest BCUT2D eigenvalue weighted by atomic mass is 9.87. The Bertz CT molecular complexity index is 716. The molecule has 0 aromatic heterocycles. The predicted octanol–water partition coefficient (Wildman–Crippen LogP) is 4.37. The normalized spacial score (nSPS) is 11.0. The van der Waals surface area contributed by atoms with Crippen LogP contribution in [0.25, 0.3) is 0 Å². The van der Waals surface area contributed by atoms with E-state index in [1.54, 1.807) is 4.90 Å². The summed E-state index contributed by atoms with van der Waals surface area (Å²) < 4.78 is 0. The Balaban J connectivity index is 1.98. The molecule has 25 heavy (non-hydrogen) atoms. The average Bonchev–Trinajstić information content (AvgIpc) is 2.56. The Morgan fingerprint density at radius 1 is 0.960 bits per heavy atom. The Morgan fingerprint density at radius 3 is 2.08 bits per heavy atom. The van der Waals surface area contributed by atoms with Crippen molar-refractivity contribution in [1.82, 2.24) is 0 Å². The van der Waals surface area contributed by atoms with E-state index in [1.165, 1.54) is 5.56 Å². The summed E-state index contributed by atoms with van der Waals surface area (Å²) in [5, 5.41) is 2.80. The number of carbonyl (C=O) groups is 2. The highest BCUT2D eigenvalue weighted by molar-refractivity contribution is 6.09. The lowest BCUT2D eigenvalue weighted by Crippen LogP contribution is -2.33. The van der Waals surface area contributed by atoms with E-state index in [4.69, 9.17) is 0 Å². The van der Waals surface area contributed by atoms with Gasteiger partial charge in [-0.25, -0.2) is 0 Å². The lowest BCUT2D eigenvalue weighted by molar-refractivity contribution is -0.125. The molecule has 4 nitrogen and oxygen atoms in total. The first-order valence-electron chi connectivity index (χ1n) is 8.57. The summed E-state index contributed by atoms with van der Waals surface area (Å²) in [6.07, 6.45) is -0.177. The number of para-hydroxylation sites is 1. The second-order valence-corrected chi connectivity index (χ2v) is 7.03. The molecule has 0 saturated heterocycles. The molecule has 0 fully saturated rings. The van der Waals surface area contributed by atoms with Gasteiger partial charge < -0.3 is 10.2 Å². The van der Waals surface area contributed by atoms with Crippen molar-refractivity contribution in [2.24, 2.45) is 0 Å². The Kier molecular flexibility index (Phi) is 5.97. The molecule has 0 aliphatic heterocycles. The molecule has 4 heteroatoms. The largest absolute Gasteiger partial charge is 0.326 e. The number of nitrogens with one attached hydrogen (secondary N) is 1. The zero-order chi connectivity index (χ0) is 18.4. The molecule has 2 amide bonds. The fourth-order valence-electron chi connectivity index (χ4n) is 2.60. The van der Waals surface area contributed by atoms with E-state index in [0.717, 1.165) is 5.69 Å². The summed E-state index contributed by atoms with van der Waals surface area (Å²) in [6.45, 7) is 8.84. The smallest absolute Gasteiger partial charge is 0.236 e. The Labute approximate surface area is 149 Å². The molecule has 0 spiro atoms. The summed E-state index contributed by atoms with van der Waals surface area (Å²) in [4.78, 5) is 26.2. The minimum absolute atomic E-state index is 0.0653. The number of hydrogen-bond donors (Lipinski definition) is 1. The molecule has 1 N–H and O–H groups in total. The highest BCUT2D eigenvalue weighted by Gasteiger charge is 2.18. The summed E-state index contributed by atoms with van der Waals surface area (Å²) in [6, 6.07) is 17.1. The number of carbonyl (C=O) groups excluding carboxylic acids is 2. The van der Waals surface area contributed by atoms with Crippen molar-refractivity contribution >= 4 is 23.2 Å². The zero-order valence-electron chi connectivity index (χ0n) is 15.4. The van der Waals surface area contributed by atoms with Crippen LogP contribution in [-0.4, -0.2) is 18.4 Å². The third-order valence-electron chi connectivity index (χ3n) is 4.03. The molecular weight excluding hydrogens is 312 g/mol. The first-order chi connectivity index (χ1) is 11.8. The van der Waals surface area contributed by atoms with E-state index in [2.05, 4.69) is 26.1 Å². The van der Waals surface area contributed by atoms with Gasteiger partial charge in [0.2, 0.25) is 11.8 Å². The predicted molar refractivity (Wildman–Crippen MR) is 103 cm³/mol. The van der Waals surface area contributed by atoms with Crippen molar-refractivity contribution in [2.75, 3.05) is 16.8 Å². The van der Waals surface area contributed by atoms with Crippen LogP contribution in [0.5, 0.6) is 0 Å². The van der Waals surface area contributed by atoms with Gasteiger partial charge in [-0.05, 0) is 42.2 Å². The lowest BCUT2D eigenvalue weighted by Gasteiger charge is -2.21. The quantitative estimate of drug-likeness (QED) is 0.823. The summed E-state index contributed by atoms with van der Waals surface area (Å²) in [7, 11) is 0. The third-order valence-corrected chi connectivity index (χ3v) is 4.03. The number of hydrogen-bond acceptors (Lipinski definition) is 2. The molecule has 2 aromatic carbocycles. The number of amides is 2. The van der Waals surface area contributed by atoms with Crippen LogP contribution in [0.4, 0.5) is 11.4 Å². The van der Waals surface area contributed by atoms with Gasteiger partial charge in [0.05, 0.1) is 0 Å². The summed E-state index contributed by atoms with van der Waals surface area (Å²) >= 11 is 0. The second kappa shape index (κ2) is 7.97. The summed E-state index contributed by atoms with van der Waals surface area (Å²) in [5.41, 5.74) is 2.77. The molecule has 0 unspecified atom stereocenters. The number of benzene rings is 2. The van der Waals surface area contributed by atoms with Gasteiger partial charge in [-0.3, -0.25) is 9.59 Å². The van der Waals surface area contributed by atoms with Crippen LogP contribution < -0.4 is 10.2 Å². The van der Waals surface area contributed by atoms with Crippen LogP contribution in [0.15, 0.2) is 54.6 Å². The van der Waals surface area contributed by atoms with Crippen LogP contribution in [0.1, 0.15) is 39.7 Å². The highest BCUT2D eigenvalue weighted by atomic mass is 16.2. The van der Waals surface area contributed by atoms with E-state index in [1.807, 2.05) is 61.5 Å². The van der Waals surface area contributed by atoms with Gasteiger partial charge in [0.15, 0.2) is 0 Å². The maximum atomic E-state index is 12.4. The first-order valence-corrected chi connectivity index (χ1v) is 8.57. The van der Waals surface area contributed by atoms with Crippen LogP contribution >= 0.6 is 0 Å². The van der Waals surface area contributed by atoms with Crippen molar-refractivity contribution in [3.63, 3.8) is 0 Å². The van der Waals surface area contributed by atoms with Gasteiger partial charge in [0.1, 0.15) is 6.42 Å². The van der Waals surface area contributed by atoms with Crippen LogP contribution in [-0.2, 0) is 15.0 Å². The van der Waals surface area contributed by atoms with E-state index < -0.39 is 0 Å². The molecule has 0 atom stereocenters. The fourth-order valence-corrected chi connectivity index (χ4v) is 2.60. The minimum Gasteiger partial charge on any atom is -0.326 e. The first kappa shape index (κ1) is 18.7. The van der Waals surface area contributed by atoms with E-state index in [-0.39, 0.29) is 23.7 Å². The monoisotopic (exact) mass is 338 g/mol. The van der Waals surface area contributed by atoms with Gasteiger partial charge in [-0.15, -0.1) is 0 Å². The third kappa shape index (κ3) is 5.18. The minimum atomic E-state index is -0.303. The van der Waals surface area contributed by atoms with E-state index in [0.29, 0.717) is 12.2 Å². The maximum Gasteiger partial charge on any atom is 0.236 e. The molecule has 0 bridgehead atoms. The molecule has 0 aliphatic rings. The standard InChI is InChI=1S/C21H26N2O2/c1-5-23(18-9-7-6-8-10-18)20(25)15-19(24)22-17-13-11-16(12-14-17)21(2,3)4/h6-14H,5,15H2,1-4H3,(H,22,24). The number of nitrogens with zero attached hydrogens (tertiary/aromatic N) is 1. The van der Waals surface area contributed by atoms with Crippen LogP contribution in [0.2, 0.25) is 0 Å². The zero-order valence-corrected chi connectivity index (χ0v) is 15.4. The van der Waals surface area contributed by atoms with E-state index in [9.17, 15) is 9.59 Å². The van der Waals surface area contributed by atoms with Crippen LogP contribution in [0.3, 0.4) is 0 Å². The van der Waals surface area contributed by atoms with Crippen molar-refractivity contribution in [3.05, 3.63) is 60.2 Å². The molecule has 0 radical (unpaired) electrons. The van der Waals surface area contributed by atoms with Crippen molar-refractivity contribution in [3.8, 4) is 0 Å². The number of anilines is 2. The van der Waals surface area contributed by atoms with Crippen LogP contribution in [0, 0.1) is 0 Å². The molecule has 0 aliphatic carbocycles. The van der Waals surface area contributed by atoms with Crippen molar-refractivity contribution in [1.29, 1.82) is 0 Å². The average molecular weight is 338 g/mol. The SMILES string of the molecule is CCN(C(=O)CC(=O)Nc1ccc(C(C)(C)C)cc1)c1ccccc1. The number of rotatable bonds is 5. The van der Waals surface area contributed by atoms with Gasteiger partial charge >= 0.3 is 0 Å². The topological polar surface area (TPSA) is 49.4 Å². The van der Waals surface area contributed by atoms with Gasteiger partial charge in [0, 0.05) is 17.9 Å². The molecule has 132 valence electrons. The second-order valence-electron chi connectivity index (χ2n) is 7.03. The molecule has 0 saturated carbocycles. The van der Waals surface area contributed by atoms with Gasteiger partial charge in [-0.2, -0.15) is 0 Å². The Hall–Kier alpha value is -2.62. The molecule has 0 heterocycles. The highest BCUT2D eigenvalue weighted by Crippen LogP contribution is 2.23. The van der Waals surface area contributed by atoms with Crippen molar-refractivity contribution < 1.29 is 9.59 Å². The van der Waals surface area contributed by atoms with Gasteiger partial charge in [0.25, 0.3) is 0 Å². The molecular formula is C21H26N2O2. The van der Waals surface area contributed by atoms with Crippen molar-refractivity contribution in [2.45, 2.75) is 39.5 Å². The van der Waals surface area contributed by atoms with E-state index >= 15 is 0 Å². The molecule has 2 rings (SSSR count). The summed E-state index contributed by atoms with van der Waals surface area (Å²) in [5.74, 6) is -0.514. The fraction of sp³-hybridized carbons (Fsp3) is 0.333. The maximum absolute atomic E-state index is 12.4.